The molecule has 22 heavy (non-hydrogen) atoms. The monoisotopic (exact) mass is 303 g/mol. The maximum atomic E-state index is 13.5. The van der Waals surface area contributed by atoms with E-state index in [0.29, 0.717) is 6.42 Å². The summed E-state index contributed by atoms with van der Waals surface area (Å²) in [4.78, 5) is 20.0. The number of H-pyrrole nitrogens is 1. The minimum atomic E-state index is -0.267. The number of aryl methyl sites for hydroxylation is 1. The van der Waals surface area contributed by atoms with Crippen molar-refractivity contribution in [2.45, 2.75) is 20.3 Å². The van der Waals surface area contributed by atoms with Gasteiger partial charge in [-0.1, -0.05) is 6.92 Å². The molecule has 0 aliphatic carbocycles. The van der Waals surface area contributed by atoms with E-state index in [1.54, 1.807) is 6.07 Å². The summed E-state index contributed by atoms with van der Waals surface area (Å²) in [6.45, 7) is 8.54. The highest BCUT2D eigenvalue weighted by molar-refractivity contribution is 5.90. The van der Waals surface area contributed by atoms with Crippen molar-refractivity contribution in [1.82, 2.24) is 14.8 Å². The second kappa shape index (κ2) is 6.08. The van der Waals surface area contributed by atoms with Crippen molar-refractivity contribution in [3.05, 3.63) is 35.3 Å². The van der Waals surface area contributed by atoms with E-state index in [2.05, 4.69) is 16.8 Å². The van der Waals surface area contributed by atoms with Gasteiger partial charge in [0.1, 0.15) is 5.82 Å². The Morgan fingerprint density at radius 1 is 1.27 bits per heavy atom. The maximum absolute atomic E-state index is 13.5. The number of rotatable bonds is 3. The number of nitrogens with one attached hydrogen (secondary N) is 1. The fourth-order valence-electron chi connectivity index (χ4n) is 3.16. The number of hydrogen-bond acceptors (Lipinski definition) is 2. The minimum absolute atomic E-state index is 0.129. The van der Waals surface area contributed by atoms with E-state index in [0.717, 1.165) is 54.9 Å². The van der Waals surface area contributed by atoms with Gasteiger partial charge in [0.05, 0.1) is 6.42 Å². The smallest absolute Gasteiger partial charge is 0.227 e. The van der Waals surface area contributed by atoms with Crippen LogP contribution in [0.4, 0.5) is 4.39 Å². The lowest BCUT2D eigenvalue weighted by molar-refractivity contribution is -0.132. The fourth-order valence-corrected chi connectivity index (χ4v) is 3.16. The van der Waals surface area contributed by atoms with Crippen LogP contribution in [-0.4, -0.2) is 53.4 Å². The molecule has 0 atom stereocenters. The summed E-state index contributed by atoms with van der Waals surface area (Å²) in [5.41, 5.74) is 2.75. The predicted molar refractivity (Wildman–Crippen MR) is 85.4 cm³/mol. The average molecular weight is 303 g/mol. The molecule has 0 spiro atoms. The SMILES string of the molecule is CCN1CCN(C(=O)Cc2c(C)[nH]c3ccc(F)cc23)CC1. The molecule has 2 aromatic rings. The standard InChI is InChI=1S/C17H22FN3O/c1-3-20-6-8-21(9-7-20)17(22)11-14-12(2)19-16-5-4-13(18)10-15(14)16/h4-5,10,19H,3,6-9,11H2,1-2H3. The number of fused-ring (bicyclic) bond motifs is 1. The van der Waals surface area contributed by atoms with Gasteiger partial charge in [-0.25, -0.2) is 4.39 Å². The van der Waals surface area contributed by atoms with Crippen LogP contribution in [0.2, 0.25) is 0 Å². The van der Waals surface area contributed by atoms with Crippen molar-refractivity contribution in [2.24, 2.45) is 0 Å². The summed E-state index contributed by atoms with van der Waals surface area (Å²) in [7, 11) is 0. The molecule has 1 amide bonds. The van der Waals surface area contributed by atoms with Crippen molar-refractivity contribution in [2.75, 3.05) is 32.7 Å². The van der Waals surface area contributed by atoms with Crippen molar-refractivity contribution in [1.29, 1.82) is 0 Å². The Morgan fingerprint density at radius 2 is 2.00 bits per heavy atom. The highest BCUT2D eigenvalue weighted by Crippen LogP contribution is 2.24. The van der Waals surface area contributed by atoms with Crippen LogP contribution in [0.1, 0.15) is 18.2 Å². The summed E-state index contributed by atoms with van der Waals surface area (Å²) >= 11 is 0. The zero-order valence-corrected chi connectivity index (χ0v) is 13.2. The molecule has 1 N–H and O–H groups in total. The van der Waals surface area contributed by atoms with E-state index < -0.39 is 0 Å². The normalized spacial score (nSPS) is 16.4. The first-order valence-electron chi connectivity index (χ1n) is 7.85. The van der Waals surface area contributed by atoms with Gasteiger partial charge in [-0.15, -0.1) is 0 Å². The topological polar surface area (TPSA) is 39.3 Å². The molecule has 0 bridgehead atoms. The molecule has 1 aromatic heterocycles. The van der Waals surface area contributed by atoms with E-state index in [-0.39, 0.29) is 11.7 Å². The lowest BCUT2D eigenvalue weighted by Gasteiger charge is -2.34. The Balaban J connectivity index is 1.77. The summed E-state index contributed by atoms with van der Waals surface area (Å²) in [6, 6.07) is 4.68. The lowest BCUT2D eigenvalue weighted by atomic mass is 10.1. The third-order valence-electron chi connectivity index (χ3n) is 4.58. The van der Waals surface area contributed by atoms with Gasteiger partial charge in [-0.2, -0.15) is 0 Å². The number of aromatic nitrogens is 1. The number of aromatic amines is 1. The van der Waals surface area contributed by atoms with Gasteiger partial charge < -0.3 is 14.8 Å². The molecule has 0 unspecified atom stereocenters. The maximum Gasteiger partial charge on any atom is 0.227 e. The first-order valence-corrected chi connectivity index (χ1v) is 7.85. The van der Waals surface area contributed by atoms with Crippen LogP contribution in [0.25, 0.3) is 10.9 Å². The molecule has 3 rings (SSSR count). The molecule has 4 nitrogen and oxygen atoms in total. The van der Waals surface area contributed by atoms with Crippen LogP contribution < -0.4 is 0 Å². The van der Waals surface area contributed by atoms with E-state index >= 15 is 0 Å². The minimum Gasteiger partial charge on any atom is -0.358 e. The van der Waals surface area contributed by atoms with Gasteiger partial charge in [0.25, 0.3) is 0 Å². The molecular formula is C17H22FN3O. The number of amides is 1. The number of halogens is 1. The van der Waals surface area contributed by atoms with E-state index in [1.807, 2.05) is 11.8 Å². The number of hydrogen-bond donors (Lipinski definition) is 1. The molecule has 118 valence electrons. The molecular weight excluding hydrogens is 281 g/mol. The largest absolute Gasteiger partial charge is 0.358 e. The van der Waals surface area contributed by atoms with Crippen molar-refractivity contribution in [3.63, 3.8) is 0 Å². The van der Waals surface area contributed by atoms with Gasteiger partial charge in [0.15, 0.2) is 0 Å². The van der Waals surface area contributed by atoms with Crippen LogP contribution in [0, 0.1) is 12.7 Å². The van der Waals surface area contributed by atoms with Crippen LogP contribution in [0.5, 0.6) is 0 Å². The Morgan fingerprint density at radius 3 is 2.68 bits per heavy atom. The highest BCUT2D eigenvalue weighted by atomic mass is 19.1. The molecule has 1 saturated heterocycles. The number of likely N-dealkylation sites (N-methyl/N-ethyl adjacent to an activating group) is 1. The molecule has 1 fully saturated rings. The Bertz CT molecular complexity index is 687. The number of piperazine rings is 1. The van der Waals surface area contributed by atoms with Crippen LogP contribution >= 0.6 is 0 Å². The molecule has 1 aliphatic rings. The second-order valence-corrected chi connectivity index (χ2v) is 5.91. The predicted octanol–water partition coefficient (Wildman–Crippen LogP) is 2.32. The summed E-state index contributed by atoms with van der Waals surface area (Å²) in [5, 5.41) is 0.818. The molecule has 2 heterocycles. The van der Waals surface area contributed by atoms with E-state index in [4.69, 9.17) is 0 Å². The number of carbonyl (C=O) groups is 1. The van der Waals surface area contributed by atoms with E-state index in [1.165, 1.54) is 12.1 Å². The Hall–Kier alpha value is -1.88. The zero-order valence-electron chi connectivity index (χ0n) is 13.2. The lowest BCUT2D eigenvalue weighted by Crippen LogP contribution is -2.48. The summed E-state index contributed by atoms with van der Waals surface area (Å²) in [6.07, 6.45) is 0.335. The third-order valence-corrected chi connectivity index (χ3v) is 4.58. The van der Waals surface area contributed by atoms with Crippen LogP contribution in [-0.2, 0) is 11.2 Å². The van der Waals surface area contributed by atoms with Gasteiger partial charge >= 0.3 is 0 Å². The van der Waals surface area contributed by atoms with Crippen molar-refractivity contribution in [3.8, 4) is 0 Å². The highest BCUT2D eigenvalue weighted by Gasteiger charge is 2.22. The Labute approximate surface area is 129 Å². The first-order chi connectivity index (χ1) is 10.6. The van der Waals surface area contributed by atoms with Crippen LogP contribution in [0.15, 0.2) is 18.2 Å². The average Bonchev–Trinajstić information content (AvgIpc) is 2.83. The molecule has 0 radical (unpaired) electrons. The summed E-state index contributed by atoms with van der Waals surface area (Å²) < 4.78 is 13.5. The Kier molecular flexibility index (Phi) is 4.16. The van der Waals surface area contributed by atoms with Gasteiger partial charge in [0.2, 0.25) is 5.91 Å². The van der Waals surface area contributed by atoms with Crippen molar-refractivity contribution < 1.29 is 9.18 Å². The first kappa shape index (κ1) is 15.0. The third kappa shape index (κ3) is 2.86. The second-order valence-electron chi connectivity index (χ2n) is 5.91. The van der Waals surface area contributed by atoms with Gasteiger partial charge in [-0.05, 0) is 37.2 Å². The van der Waals surface area contributed by atoms with Gasteiger partial charge in [0, 0.05) is 42.8 Å². The number of benzene rings is 1. The van der Waals surface area contributed by atoms with Crippen LogP contribution in [0.3, 0.4) is 0 Å². The summed E-state index contributed by atoms with van der Waals surface area (Å²) in [5.74, 6) is -0.138. The number of carbonyl (C=O) groups excluding carboxylic acids is 1. The molecule has 5 heteroatoms. The number of nitrogens with zero attached hydrogens (tertiary/aromatic N) is 2. The molecule has 1 aromatic carbocycles. The molecule has 1 aliphatic heterocycles. The zero-order chi connectivity index (χ0) is 15.7. The van der Waals surface area contributed by atoms with E-state index in [9.17, 15) is 9.18 Å². The molecule has 0 saturated carbocycles. The quantitative estimate of drug-likeness (QED) is 0.945. The van der Waals surface area contributed by atoms with Gasteiger partial charge in [-0.3, -0.25) is 4.79 Å². The fraction of sp³-hybridized carbons (Fsp3) is 0.471. The van der Waals surface area contributed by atoms with Crippen molar-refractivity contribution >= 4 is 16.8 Å².